The maximum atomic E-state index is 13.1. The van der Waals surface area contributed by atoms with Gasteiger partial charge < -0.3 is 5.32 Å². The van der Waals surface area contributed by atoms with E-state index >= 15 is 0 Å². The van der Waals surface area contributed by atoms with Crippen LogP contribution in [0.4, 0.5) is 0 Å². The molecule has 2 atom stereocenters. The zero-order chi connectivity index (χ0) is 18.7. The van der Waals surface area contributed by atoms with Gasteiger partial charge in [-0.1, -0.05) is 53.7 Å². The lowest BCUT2D eigenvalue weighted by atomic mass is 9.89. The molecule has 0 spiro atoms. The second kappa shape index (κ2) is 8.45. The molecule has 1 aromatic carbocycles. The molecule has 1 aliphatic rings. The van der Waals surface area contributed by atoms with E-state index in [1.165, 1.54) is 5.56 Å². The number of hydrogen-bond acceptors (Lipinski definition) is 3. The third-order valence-corrected chi connectivity index (χ3v) is 6.06. The Labute approximate surface area is 154 Å². The lowest BCUT2D eigenvalue weighted by Crippen LogP contribution is -2.41. The lowest BCUT2D eigenvalue weighted by Gasteiger charge is -2.22. The number of benzene rings is 1. The van der Waals surface area contributed by atoms with E-state index < -0.39 is 11.0 Å². The van der Waals surface area contributed by atoms with Crippen LogP contribution in [-0.2, 0) is 15.8 Å². The van der Waals surface area contributed by atoms with E-state index in [0.29, 0.717) is 5.92 Å². The topological polar surface area (TPSA) is 58.2 Å². The van der Waals surface area contributed by atoms with Crippen LogP contribution in [0.2, 0.25) is 0 Å². The third-order valence-electron chi connectivity index (χ3n) is 4.83. The maximum absolute atomic E-state index is 13.1. The van der Waals surface area contributed by atoms with E-state index in [2.05, 4.69) is 63.7 Å². The Kier molecular flexibility index (Phi) is 6.80. The average molecular weight is 365 g/mol. The second-order valence-corrected chi connectivity index (χ2v) is 9.03. The molecule has 140 valence electrons. The summed E-state index contributed by atoms with van der Waals surface area (Å²) in [5, 5.41) is 3.17. The van der Waals surface area contributed by atoms with Gasteiger partial charge in [0.15, 0.2) is 11.0 Å². The van der Waals surface area contributed by atoms with E-state index in [0.717, 1.165) is 35.4 Å². The molecule has 1 amide bonds. The molecule has 1 aromatic rings. The van der Waals surface area contributed by atoms with E-state index in [-0.39, 0.29) is 23.8 Å². The predicted octanol–water partition coefficient (Wildman–Crippen LogP) is 3.95. The minimum Gasteiger partial charge on any atom is -0.306 e. The molecule has 2 rings (SSSR count). The van der Waals surface area contributed by atoms with Crippen LogP contribution < -0.4 is 10.0 Å². The number of hydrogen-bond donors (Lipinski definition) is 2. The van der Waals surface area contributed by atoms with Gasteiger partial charge in [0.2, 0.25) is 5.91 Å². The summed E-state index contributed by atoms with van der Waals surface area (Å²) < 4.78 is 15.8. The van der Waals surface area contributed by atoms with Crippen LogP contribution in [0.15, 0.2) is 17.0 Å². The van der Waals surface area contributed by atoms with Crippen molar-refractivity contribution >= 4 is 16.9 Å². The first kappa shape index (κ1) is 20.1. The zero-order valence-electron chi connectivity index (χ0n) is 16.3. The molecule has 5 heteroatoms. The molecule has 0 aromatic heterocycles. The Morgan fingerprint density at radius 3 is 2.04 bits per heavy atom. The van der Waals surface area contributed by atoms with Crippen molar-refractivity contribution in [2.75, 3.05) is 6.54 Å². The van der Waals surface area contributed by atoms with Gasteiger partial charge in [-0.3, -0.25) is 9.52 Å². The highest BCUT2D eigenvalue weighted by molar-refractivity contribution is 7.83. The molecule has 1 saturated heterocycles. The highest BCUT2D eigenvalue weighted by atomic mass is 32.2. The van der Waals surface area contributed by atoms with Crippen LogP contribution in [0.1, 0.15) is 88.8 Å². The summed E-state index contributed by atoms with van der Waals surface area (Å²) >= 11 is 0. The van der Waals surface area contributed by atoms with Crippen LogP contribution in [0.3, 0.4) is 0 Å². The smallest absolute Gasteiger partial charge is 0.249 e. The quantitative estimate of drug-likeness (QED) is 0.803. The fourth-order valence-electron chi connectivity index (χ4n) is 3.23. The van der Waals surface area contributed by atoms with Crippen LogP contribution in [0, 0.1) is 0 Å². The molecule has 1 aliphatic heterocycles. The molecular weight excluding hydrogens is 332 g/mol. The average Bonchev–Trinajstić information content (AvgIpc) is 3.07. The second-order valence-electron chi connectivity index (χ2n) is 7.88. The van der Waals surface area contributed by atoms with Crippen LogP contribution in [0.5, 0.6) is 0 Å². The molecule has 0 aliphatic carbocycles. The molecular formula is C20H32N2O2S. The van der Waals surface area contributed by atoms with Gasteiger partial charge in [0.1, 0.15) is 0 Å². The Bertz CT molecular complexity index is 618. The van der Waals surface area contributed by atoms with Crippen LogP contribution >= 0.6 is 0 Å². The minimum atomic E-state index is -1.53. The van der Waals surface area contributed by atoms with Crippen molar-refractivity contribution in [1.82, 2.24) is 10.0 Å². The summed E-state index contributed by atoms with van der Waals surface area (Å²) in [5.74, 6) is 0.747. The zero-order valence-corrected chi connectivity index (χ0v) is 17.1. The molecule has 1 heterocycles. The summed E-state index contributed by atoms with van der Waals surface area (Å²) in [6.45, 7) is 13.7. The Balaban J connectivity index is 2.42. The van der Waals surface area contributed by atoms with Gasteiger partial charge in [-0.15, -0.1) is 0 Å². The normalized spacial score (nSPS) is 19.0. The van der Waals surface area contributed by atoms with Crippen molar-refractivity contribution in [1.29, 1.82) is 0 Å². The lowest BCUT2D eigenvalue weighted by molar-refractivity contribution is -0.120. The molecule has 2 N–H and O–H groups in total. The van der Waals surface area contributed by atoms with E-state index in [9.17, 15) is 9.00 Å². The van der Waals surface area contributed by atoms with Gasteiger partial charge in [0.25, 0.3) is 0 Å². The highest BCUT2D eigenvalue weighted by Crippen LogP contribution is 2.33. The predicted molar refractivity (Wildman–Crippen MR) is 104 cm³/mol. The van der Waals surface area contributed by atoms with Gasteiger partial charge in [-0.25, -0.2) is 4.21 Å². The highest BCUT2D eigenvalue weighted by Gasteiger charge is 2.27. The summed E-state index contributed by atoms with van der Waals surface area (Å²) in [7, 11) is -1.53. The molecule has 4 nitrogen and oxygen atoms in total. The van der Waals surface area contributed by atoms with E-state index in [1.807, 2.05) is 0 Å². The number of carbonyl (C=O) groups is 1. The Morgan fingerprint density at radius 1 is 1.08 bits per heavy atom. The van der Waals surface area contributed by atoms with Crippen molar-refractivity contribution in [2.24, 2.45) is 0 Å². The van der Waals surface area contributed by atoms with Gasteiger partial charge >= 0.3 is 0 Å². The van der Waals surface area contributed by atoms with Crippen LogP contribution in [-0.4, -0.2) is 22.7 Å². The van der Waals surface area contributed by atoms with Gasteiger partial charge in [-0.05, 0) is 53.8 Å². The van der Waals surface area contributed by atoms with Crippen molar-refractivity contribution < 1.29 is 9.00 Å². The number of amides is 1. The Hall–Kier alpha value is -1.20. The standard InChI is InChI=1S/C20H32N2O2S/c1-12(2)15-10-16(13(3)4)19(17(11-15)14(5)6)25(24)22-20(23)18-8-7-9-21-18/h10-14,18,21H,7-9H2,1-6H3,(H,22,23)/t18-,25?/m0/s1. The molecule has 0 bridgehead atoms. The third kappa shape index (κ3) is 4.70. The monoisotopic (exact) mass is 364 g/mol. The van der Waals surface area contributed by atoms with Gasteiger partial charge in [-0.2, -0.15) is 0 Å². The van der Waals surface area contributed by atoms with Crippen molar-refractivity contribution in [3.63, 3.8) is 0 Å². The van der Waals surface area contributed by atoms with Crippen LogP contribution in [0.25, 0.3) is 0 Å². The number of nitrogens with one attached hydrogen (secondary N) is 2. The first-order chi connectivity index (χ1) is 11.7. The summed E-state index contributed by atoms with van der Waals surface area (Å²) in [6, 6.07) is 4.10. The fraction of sp³-hybridized carbons (Fsp3) is 0.650. The van der Waals surface area contributed by atoms with Gasteiger partial charge in [0.05, 0.1) is 10.9 Å². The molecule has 1 fully saturated rings. The van der Waals surface area contributed by atoms with Crippen molar-refractivity contribution in [2.45, 2.75) is 83.1 Å². The molecule has 0 saturated carbocycles. The Morgan fingerprint density at radius 2 is 1.64 bits per heavy atom. The maximum Gasteiger partial charge on any atom is 0.249 e. The molecule has 0 radical (unpaired) electrons. The largest absolute Gasteiger partial charge is 0.306 e. The fourth-order valence-corrected chi connectivity index (χ4v) is 4.67. The minimum absolute atomic E-state index is 0.159. The van der Waals surface area contributed by atoms with Crippen molar-refractivity contribution in [3.8, 4) is 0 Å². The van der Waals surface area contributed by atoms with E-state index in [4.69, 9.17) is 0 Å². The summed E-state index contributed by atoms with van der Waals surface area (Å²) in [6.07, 6.45) is 1.80. The van der Waals surface area contributed by atoms with E-state index in [1.54, 1.807) is 0 Å². The number of rotatable bonds is 6. The van der Waals surface area contributed by atoms with Gasteiger partial charge in [0, 0.05) is 0 Å². The summed E-state index contributed by atoms with van der Waals surface area (Å²) in [5.41, 5.74) is 3.41. The van der Waals surface area contributed by atoms with Crippen molar-refractivity contribution in [3.05, 3.63) is 28.8 Å². The SMILES string of the molecule is CC(C)c1cc(C(C)C)c(S(=O)NC(=O)[C@@H]2CCCN2)c(C(C)C)c1. The first-order valence-electron chi connectivity index (χ1n) is 9.35. The number of carbonyl (C=O) groups excluding carboxylic acids is 1. The summed E-state index contributed by atoms with van der Waals surface area (Å²) in [4.78, 5) is 13.2. The first-order valence-corrected chi connectivity index (χ1v) is 10.5. The molecule has 1 unspecified atom stereocenters. The molecule has 25 heavy (non-hydrogen) atoms.